The van der Waals surface area contributed by atoms with Crippen LogP contribution in [0.4, 0.5) is 0 Å². The monoisotopic (exact) mass is 383 g/mol. The van der Waals surface area contributed by atoms with Gasteiger partial charge < -0.3 is 9.72 Å². The normalized spacial score (nSPS) is 13.7. The summed E-state index contributed by atoms with van der Waals surface area (Å²) in [5.41, 5.74) is 5.17. The summed E-state index contributed by atoms with van der Waals surface area (Å²) in [6, 6.07) is 9.98. The molecule has 1 aromatic carbocycles. The first-order valence-corrected chi connectivity index (χ1v) is 9.01. The number of hydrogen-bond acceptors (Lipinski definition) is 2. The molecule has 2 heterocycles. The van der Waals surface area contributed by atoms with Crippen molar-refractivity contribution in [1.82, 2.24) is 14.7 Å². The Morgan fingerprint density at radius 3 is 2.83 bits per heavy atom. The minimum absolute atomic E-state index is 0.0402. The number of amides is 1. The first-order valence-electron chi connectivity index (χ1n) is 8.22. The van der Waals surface area contributed by atoms with Crippen molar-refractivity contribution in [2.75, 3.05) is 0 Å². The maximum atomic E-state index is 12.4. The molecule has 1 aliphatic carbocycles. The molecule has 1 N–H and O–H groups in total. The van der Waals surface area contributed by atoms with Crippen LogP contribution in [0.3, 0.4) is 0 Å². The van der Waals surface area contributed by atoms with Crippen LogP contribution in [-0.2, 0) is 19.4 Å². The molecule has 122 valence electrons. The van der Waals surface area contributed by atoms with E-state index >= 15 is 0 Å². The lowest BCUT2D eigenvalue weighted by atomic mass is 9.90. The van der Waals surface area contributed by atoms with Crippen molar-refractivity contribution >= 4 is 27.5 Å². The van der Waals surface area contributed by atoms with E-state index in [0.717, 1.165) is 34.2 Å². The van der Waals surface area contributed by atoms with Gasteiger partial charge >= 0.3 is 0 Å². The highest BCUT2D eigenvalue weighted by Crippen LogP contribution is 2.22. The summed E-state index contributed by atoms with van der Waals surface area (Å²) < 4.78 is 2.95. The second-order valence-corrected chi connectivity index (χ2v) is 7.13. The second-order valence-electron chi connectivity index (χ2n) is 6.22. The molecule has 0 fully saturated rings. The minimum atomic E-state index is -0.0402. The first kappa shape index (κ1) is 15.4. The quantitative estimate of drug-likeness (QED) is 0.745. The van der Waals surface area contributed by atoms with Crippen molar-refractivity contribution in [3.05, 3.63) is 69.6 Å². The Labute approximate surface area is 149 Å². The number of imidazole rings is 1. The van der Waals surface area contributed by atoms with Crippen molar-refractivity contribution in [3.8, 4) is 0 Å². The van der Waals surface area contributed by atoms with E-state index in [2.05, 4.69) is 32.3 Å². The van der Waals surface area contributed by atoms with Gasteiger partial charge in [-0.2, -0.15) is 0 Å². The van der Waals surface area contributed by atoms with Gasteiger partial charge in [-0.15, -0.1) is 0 Å². The Hall–Kier alpha value is -2.14. The number of carbonyl (C=O) groups is 1. The summed E-state index contributed by atoms with van der Waals surface area (Å²) in [7, 11) is 0. The van der Waals surface area contributed by atoms with E-state index in [1.807, 2.05) is 41.1 Å². The van der Waals surface area contributed by atoms with Crippen LogP contribution in [0, 0.1) is 0 Å². The molecule has 0 atom stereocenters. The summed E-state index contributed by atoms with van der Waals surface area (Å²) in [6.45, 7) is 0.426. The zero-order valence-corrected chi connectivity index (χ0v) is 14.8. The maximum Gasteiger partial charge on any atom is 0.251 e. The molecule has 1 aliphatic rings. The van der Waals surface area contributed by atoms with Gasteiger partial charge in [0.05, 0.1) is 12.2 Å². The topological polar surface area (TPSA) is 46.4 Å². The lowest BCUT2D eigenvalue weighted by molar-refractivity contribution is 0.0950. The molecule has 0 aliphatic heterocycles. The summed E-state index contributed by atoms with van der Waals surface area (Å²) in [6.07, 6.45) is 8.58. The molecule has 4 rings (SSSR count). The lowest BCUT2D eigenvalue weighted by Gasteiger charge is -2.16. The Morgan fingerprint density at radius 2 is 1.96 bits per heavy atom. The predicted octanol–water partition coefficient (Wildman–Crippen LogP) is 3.91. The first-order chi connectivity index (χ1) is 11.7. The van der Waals surface area contributed by atoms with Gasteiger partial charge in [-0.1, -0.05) is 6.07 Å². The van der Waals surface area contributed by atoms with E-state index in [9.17, 15) is 4.79 Å². The highest BCUT2D eigenvalue weighted by Gasteiger charge is 2.13. The third-order valence-corrected chi connectivity index (χ3v) is 4.97. The molecule has 0 radical (unpaired) electrons. The molecule has 4 nitrogen and oxygen atoms in total. The number of pyridine rings is 1. The average Bonchev–Trinajstić information content (AvgIpc) is 3.01. The standard InChI is InChI=1S/C19H18BrN3O/c20-16-7-8-18-22-17(12-23(18)11-16)10-21-19(24)15-6-5-13-3-1-2-4-14(13)9-15/h5-9,11-12H,1-4,10H2,(H,21,24). The summed E-state index contributed by atoms with van der Waals surface area (Å²) in [5.74, 6) is -0.0402. The second kappa shape index (κ2) is 6.40. The fourth-order valence-electron chi connectivity index (χ4n) is 3.25. The Morgan fingerprint density at radius 1 is 1.12 bits per heavy atom. The number of nitrogens with zero attached hydrogens (tertiary/aromatic N) is 2. The van der Waals surface area contributed by atoms with Crippen LogP contribution in [-0.4, -0.2) is 15.3 Å². The number of halogens is 1. The van der Waals surface area contributed by atoms with E-state index in [1.165, 1.54) is 24.0 Å². The molecule has 2 aromatic heterocycles. The summed E-state index contributed by atoms with van der Waals surface area (Å²) >= 11 is 3.45. The molecule has 0 saturated carbocycles. The van der Waals surface area contributed by atoms with Crippen LogP contribution in [0.2, 0.25) is 0 Å². The molecule has 0 unspecified atom stereocenters. The zero-order chi connectivity index (χ0) is 16.5. The molecule has 1 amide bonds. The smallest absolute Gasteiger partial charge is 0.251 e. The number of fused-ring (bicyclic) bond motifs is 2. The van der Waals surface area contributed by atoms with E-state index in [-0.39, 0.29) is 5.91 Å². The predicted molar refractivity (Wildman–Crippen MR) is 97.1 cm³/mol. The molecule has 24 heavy (non-hydrogen) atoms. The van der Waals surface area contributed by atoms with Crippen LogP contribution in [0.1, 0.15) is 40.0 Å². The van der Waals surface area contributed by atoms with Crippen LogP contribution < -0.4 is 5.32 Å². The highest BCUT2D eigenvalue weighted by atomic mass is 79.9. The third kappa shape index (κ3) is 3.08. The van der Waals surface area contributed by atoms with E-state index in [1.54, 1.807) is 0 Å². The van der Waals surface area contributed by atoms with Gasteiger partial charge in [0.2, 0.25) is 0 Å². The number of hydrogen-bond donors (Lipinski definition) is 1. The van der Waals surface area contributed by atoms with Gasteiger partial charge in [-0.05, 0) is 77.0 Å². The van der Waals surface area contributed by atoms with Crippen molar-refractivity contribution in [3.63, 3.8) is 0 Å². The lowest BCUT2D eigenvalue weighted by Crippen LogP contribution is -2.23. The highest BCUT2D eigenvalue weighted by molar-refractivity contribution is 9.10. The third-order valence-electron chi connectivity index (χ3n) is 4.51. The van der Waals surface area contributed by atoms with E-state index in [0.29, 0.717) is 6.54 Å². The Bertz CT molecular complexity index is 916. The van der Waals surface area contributed by atoms with E-state index < -0.39 is 0 Å². The average molecular weight is 384 g/mol. The van der Waals surface area contributed by atoms with E-state index in [4.69, 9.17) is 0 Å². The number of aryl methyl sites for hydroxylation is 2. The van der Waals surface area contributed by atoms with Crippen LogP contribution >= 0.6 is 15.9 Å². The van der Waals surface area contributed by atoms with Gasteiger partial charge in [-0.25, -0.2) is 4.98 Å². The molecular weight excluding hydrogens is 366 g/mol. The van der Waals surface area contributed by atoms with Gasteiger partial charge in [0.15, 0.2) is 0 Å². The zero-order valence-electron chi connectivity index (χ0n) is 13.3. The Balaban J connectivity index is 1.47. The molecule has 0 spiro atoms. The Kier molecular flexibility index (Phi) is 4.10. The van der Waals surface area contributed by atoms with Gasteiger partial charge in [-0.3, -0.25) is 4.79 Å². The summed E-state index contributed by atoms with van der Waals surface area (Å²) in [4.78, 5) is 16.9. The molecule has 0 bridgehead atoms. The number of aromatic nitrogens is 2. The SMILES string of the molecule is O=C(NCc1cn2cc(Br)ccc2n1)c1ccc2c(c1)CCCC2. The van der Waals surface area contributed by atoms with Crippen LogP contribution in [0.15, 0.2) is 47.2 Å². The van der Waals surface area contributed by atoms with Crippen molar-refractivity contribution < 1.29 is 4.79 Å². The van der Waals surface area contributed by atoms with Crippen LogP contribution in [0.25, 0.3) is 5.65 Å². The number of benzene rings is 1. The number of nitrogens with one attached hydrogen (secondary N) is 1. The van der Waals surface area contributed by atoms with Crippen LogP contribution in [0.5, 0.6) is 0 Å². The fourth-order valence-corrected chi connectivity index (χ4v) is 3.60. The minimum Gasteiger partial charge on any atom is -0.346 e. The van der Waals surface area contributed by atoms with Gasteiger partial charge in [0.25, 0.3) is 5.91 Å². The number of carbonyl (C=O) groups excluding carboxylic acids is 1. The van der Waals surface area contributed by atoms with Crippen molar-refractivity contribution in [1.29, 1.82) is 0 Å². The molecule has 5 heteroatoms. The van der Waals surface area contributed by atoms with Crippen molar-refractivity contribution in [2.45, 2.75) is 32.2 Å². The molecule has 0 saturated heterocycles. The molecular formula is C19H18BrN3O. The fraction of sp³-hybridized carbons (Fsp3) is 0.263. The number of rotatable bonds is 3. The maximum absolute atomic E-state index is 12.4. The largest absolute Gasteiger partial charge is 0.346 e. The van der Waals surface area contributed by atoms with Gasteiger partial charge in [0.1, 0.15) is 5.65 Å². The molecule has 3 aromatic rings. The van der Waals surface area contributed by atoms with Crippen molar-refractivity contribution in [2.24, 2.45) is 0 Å². The summed E-state index contributed by atoms with van der Waals surface area (Å²) in [5, 5.41) is 2.97. The van der Waals surface area contributed by atoms with Gasteiger partial charge in [0, 0.05) is 22.4 Å².